The number of hydrogen-bond donors (Lipinski definition) is 1. The van der Waals surface area contributed by atoms with E-state index in [2.05, 4.69) is 4.90 Å². The number of ether oxygens (including phenoxy) is 4. The summed E-state index contributed by atoms with van der Waals surface area (Å²) in [6.45, 7) is 3.30. The molecule has 4 aliphatic heterocycles. The molecule has 5 aliphatic rings. The van der Waals surface area contributed by atoms with Gasteiger partial charge in [-0.2, -0.15) is 0 Å². The third-order valence-corrected chi connectivity index (χ3v) is 8.38. The highest BCUT2D eigenvalue weighted by Gasteiger charge is 2.79. The van der Waals surface area contributed by atoms with Crippen LogP contribution in [0.4, 0.5) is 5.69 Å². The Bertz CT molecular complexity index is 1030. The first-order valence-corrected chi connectivity index (χ1v) is 11.2. The summed E-state index contributed by atoms with van der Waals surface area (Å²) in [4.78, 5) is 31.5. The summed E-state index contributed by atoms with van der Waals surface area (Å²) in [5.74, 6) is -0.400. The Kier molecular flexibility index (Phi) is 4.11. The Labute approximate surface area is 186 Å². The van der Waals surface area contributed by atoms with Crippen LogP contribution in [0.2, 0.25) is 0 Å². The highest BCUT2D eigenvalue weighted by Crippen LogP contribution is 2.67. The van der Waals surface area contributed by atoms with Crippen molar-refractivity contribution in [2.75, 3.05) is 39.3 Å². The first kappa shape index (κ1) is 20.4. The van der Waals surface area contributed by atoms with E-state index in [-0.39, 0.29) is 23.7 Å². The molecule has 4 heterocycles. The van der Waals surface area contributed by atoms with E-state index >= 15 is 0 Å². The maximum atomic E-state index is 14.4. The van der Waals surface area contributed by atoms with Gasteiger partial charge in [0.2, 0.25) is 0 Å². The first-order chi connectivity index (χ1) is 15.3. The highest BCUT2D eigenvalue weighted by atomic mass is 16.7. The second-order valence-electron chi connectivity index (χ2n) is 9.64. The van der Waals surface area contributed by atoms with Crippen LogP contribution in [-0.4, -0.2) is 80.3 Å². The van der Waals surface area contributed by atoms with Crippen LogP contribution in [-0.2, 0) is 24.5 Å². The summed E-state index contributed by atoms with van der Waals surface area (Å²) in [5, 5.41) is 12.7. The predicted octanol–water partition coefficient (Wildman–Crippen LogP) is 0.661. The van der Waals surface area contributed by atoms with E-state index in [0.717, 1.165) is 6.54 Å². The number of rotatable bonds is 2. The number of ketones is 1. The molecule has 7 atom stereocenters. The molecule has 0 aromatic heterocycles. The number of carbonyl (C=O) groups excluding carboxylic acids is 2. The molecule has 1 amide bonds. The Morgan fingerprint density at radius 2 is 2.00 bits per heavy atom. The molecule has 9 heteroatoms. The normalized spacial score (nSPS) is 42.2. The standard InChI is InChI=1S/C23H28N2O7/c1-11-15-12-7-9-24(2)10-8-22(18(15)26)13-5-6-14(29-3)17-16(13)25(20(27)21(30-4)32-17)23(22,28)19(12)31-11/h5-6,11-12,15,19,21,28H,7-10H2,1-4H3. The summed E-state index contributed by atoms with van der Waals surface area (Å²) in [7, 11) is 4.91. The quantitative estimate of drug-likeness (QED) is 0.711. The summed E-state index contributed by atoms with van der Waals surface area (Å²) >= 11 is 0. The van der Waals surface area contributed by atoms with Crippen molar-refractivity contribution >= 4 is 17.4 Å². The van der Waals surface area contributed by atoms with Crippen LogP contribution < -0.4 is 14.4 Å². The molecule has 1 aromatic carbocycles. The first-order valence-electron chi connectivity index (χ1n) is 11.2. The molecule has 6 rings (SSSR count). The topological polar surface area (TPSA) is 97.8 Å². The van der Waals surface area contributed by atoms with Crippen molar-refractivity contribution in [1.82, 2.24) is 4.90 Å². The number of amides is 1. The number of aliphatic hydroxyl groups is 1. The Morgan fingerprint density at radius 3 is 2.72 bits per heavy atom. The van der Waals surface area contributed by atoms with Crippen LogP contribution in [0.5, 0.6) is 11.5 Å². The molecule has 2 saturated heterocycles. The number of anilines is 1. The van der Waals surface area contributed by atoms with Crippen molar-refractivity contribution in [2.45, 2.75) is 49.4 Å². The lowest BCUT2D eigenvalue weighted by atomic mass is 9.55. The Balaban J connectivity index is 1.70. The van der Waals surface area contributed by atoms with Gasteiger partial charge >= 0.3 is 0 Å². The zero-order chi connectivity index (χ0) is 22.6. The molecule has 172 valence electrons. The molecule has 7 unspecified atom stereocenters. The highest BCUT2D eigenvalue weighted by molar-refractivity contribution is 6.11. The molecule has 1 aliphatic carbocycles. The van der Waals surface area contributed by atoms with Gasteiger partial charge in [0.25, 0.3) is 12.2 Å². The van der Waals surface area contributed by atoms with Gasteiger partial charge in [0.05, 0.1) is 24.8 Å². The molecule has 1 saturated carbocycles. The van der Waals surface area contributed by atoms with Crippen LogP contribution in [0.3, 0.4) is 0 Å². The van der Waals surface area contributed by atoms with Crippen molar-refractivity contribution in [2.24, 2.45) is 11.8 Å². The van der Waals surface area contributed by atoms with E-state index in [1.807, 2.05) is 14.0 Å². The summed E-state index contributed by atoms with van der Waals surface area (Å²) < 4.78 is 23.1. The van der Waals surface area contributed by atoms with Crippen LogP contribution >= 0.6 is 0 Å². The smallest absolute Gasteiger partial charge is 0.299 e. The van der Waals surface area contributed by atoms with Crippen molar-refractivity contribution in [3.05, 3.63) is 17.7 Å². The van der Waals surface area contributed by atoms with E-state index in [1.165, 1.54) is 19.1 Å². The average molecular weight is 444 g/mol. The van der Waals surface area contributed by atoms with Crippen molar-refractivity contribution in [3.8, 4) is 11.5 Å². The molecule has 1 aromatic rings. The number of carbonyl (C=O) groups is 2. The zero-order valence-corrected chi connectivity index (χ0v) is 18.7. The Hall–Kier alpha value is -2.20. The van der Waals surface area contributed by atoms with Gasteiger partial charge < -0.3 is 29.0 Å². The third-order valence-electron chi connectivity index (χ3n) is 8.38. The van der Waals surface area contributed by atoms with E-state index < -0.39 is 29.4 Å². The van der Waals surface area contributed by atoms with E-state index in [1.54, 1.807) is 12.1 Å². The second kappa shape index (κ2) is 6.44. The van der Waals surface area contributed by atoms with Gasteiger partial charge in [-0.25, -0.2) is 0 Å². The monoisotopic (exact) mass is 444 g/mol. The lowest BCUT2D eigenvalue weighted by Gasteiger charge is -2.53. The molecule has 1 spiro atoms. The average Bonchev–Trinajstić information content (AvgIpc) is 3.23. The largest absolute Gasteiger partial charge is 0.493 e. The molecular weight excluding hydrogens is 416 g/mol. The molecule has 4 bridgehead atoms. The fraction of sp³-hybridized carbons (Fsp3) is 0.652. The van der Waals surface area contributed by atoms with Gasteiger partial charge in [0, 0.05) is 13.0 Å². The van der Waals surface area contributed by atoms with Crippen molar-refractivity contribution in [1.29, 1.82) is 0 Å². The minimum Gasteiger partial charge on any atom is -0.493 e. The van der Waals surface area contributed by atoms with Crippen LogP contribution in [0.25, 0.3) is 0 Å². The number of benzene rings is 1. The summed E-state index contributed by atoms with van der Waals surface area (Å²) in [5.41, 5.74) is -2.20. The maximum Gasteiger partial charge on any atom is 0.299 e. The molecule has 32 heavy (non-hydrogen) atoms. The van der Waals surface area contributed by atoms with Crippen LogP contribution in [0.15, 0.2) is 12.1 Å². The van der Waals surface area contributed by atoms with Gasteiger partial charge in [-0.05, 0) is 51.5 Å². The molecule has 9 nitrogen and oxygen atoms in total. The van der Waals surface area contributed by atoms with Crippen molar-refractivity contribution in [3.63, 3.8) is 0 Å². The van der Waals surface area contributed by atoms with Gasteiger partial charge in [-0.1, -0.05) is 6.07 Å². The van der Waals surface area contributed by atoms with E-state index in [4.69, 9.17) is 18.9 Å². The number of Topliss-reactive ketones (excluding diaryl/α,β-unsaturated/α-hetero) is 1. The lowest BCUT2D eigenvalue weighted by Crippen LogP contribution is -2.74. The summed E-state index contributed by atoms with van der Waals surface area (Å²) in [6.07, 6.45) is -1.21. The fourth-order valence-electron chi connectivity index (χ4n) is 6.98. The van der Waals surface area contributed by atoms with Gasteiger partial charge in [-0.15, -0.1) is 0 Å². The molecular formula is C23H28N2O7. The minimum absolute atomic E-state index is 0.0508. The molecule has 0 radical (unpaired) electrons. The molecule has 3 fully saturated rings. The molecule has 1 N–H and O–H groups in total. The number of fused-ring (bicyclic) bond motifs is 2. The third kappa shape index (κ3) is 2.05. The van der Waals surface area contributed by atoms with Gasteiger partial charge in [0.15, 0.2) is 23.0 Å². The van der Waals surface area contributed by atoms with E-state index in [0.29, 0.717) is 42.1 Å². The Morgan fingerprint density at radius 1 is 1.22 bits per heavy atom. The minimum atomic E-state index is -1.87. The number of nitrogens with zero attached hydrogens (tertiary/aromatic N) is 2. The van der Waals surface area contributed by atoms with Gasteiger partial charge in [0.1, 0.15) is 11.5 Å². The number of methoxy groups -OCH3 is 2. The van der Waals surface area contributed by atoms with E-state index in [9.17, 15) is 14.7 Å². The SMILES string of the molecule is COc1ccc2c3c1OC(OC)C(=O)N3C1(O)C3OC(C)C4C(=O)C21CCN(C)CCC43. The lowest BCUT2D eigenvalue weighted by molar-refractivity contribution is -0.180. The predicted molar refractivity (Wildman–Crippen MR) is 112 cm³/mol. The number of hydrogen-bond acceptors (Lipinski definition) is 8. The summed E-state index contributed by atoms with van der Waals surface area (Å²) in [6, 6.07) is 3.53. The van der Waals surface area contributed by atoms with Crippen LogP contribution in [0, 0.1) is 11.8 Å². The zero-order valence-electron chi connectivity index (χ0n) is 18.7. The van der Waals surface area contributed by atoms with Gasteiger partial charge in [-0.3, -0.25) is 14.5 Å². The van der Waals surface area contributed by atoms with Crippen molar-refractivity contribution < 1.29 is 33.6 Å². The second-order valence-corrected chi connectivity index (χ2v) is 9.64. The fourth-order valence-corrected chi connectivity index (χ4v) is 6.98. The maximum absolute atomic E-state index is 14.4. The van der Waals surface area contributed by atoms with Crippen LogP contribution in [0.1, 0.15) is 25.3 Å².